The first-order valence-electron chi connectivity index (χ1n) is 12.0. The lowest BCUT2D eigenvalue weighted by Gasteiger charge is -2.30. The molecule has 0 N–H and O–H groups in total. The van der Waals surface area contributed by atoms with Crippen LogP contribution in [0.5, 0.6) is 0 Å². The van der Waals surface area contributed by atoms with Crippen molar-refractivity contribution in [3.8, 4) is 0 Å². The topological polar surface area (TPSA) is 0 Å². The number of quaternary nitrogens is 1. The lowest BCUT2D eigenvalue weighted by Crippen LogP contribution is -3.00. The average Bonchev–Trinajstić information content (AvgIpc) is 2.67. The first-order valence-corrected chi connectivity index (χ1v) is 12.0. The Balaban J connectivity index is 0.00000729. The zero-order valence-electron chi connectivity index (χ0n) is 19.2. The van der Waals surface area contributed by atoms with E-state index in [2.05, 4.69) is 51.4 Å². The molecule has 0 aliphatic heterocycles. The van der Waals surface area contributed by atoms with Gasteiger partial charge in [0, 0.05) is 6.42 Å². The molecule has 0 heterocycles. The fourth-order valence-corrected chi connectivity index (χ4v) is 3.92. The zero-order valence-corrected chi connectivity index (χ0v) is 20.8. The van der Waals surface area contributed by atoms with Crippen LogP contribution in [0.1, 0.15) is 102 Å². The van der Waals surface area contributed by atoms with Crippen molar-refractivity contribution < 1.29 is 21.5 Å². The molecule has 1 aromatic carbocycles. The number of benzene rings is 1. The lowest BCUT2D eigenvalue weighted by molar-refractivity contribution is -0.890. The van der Waals surface area contributed by atoms with Crippen LogP contribution in [0, 0.1) is 0 Å². The Kier molecular flexibility index (Phi) is 18.4. The van der Waals surface area contributed by atoms with E-state index in [0.717, 1.165) is 4.48 Å². The van der Waals surface area contributed by atoms with Gasteiger partial charge in [-0.2, -0.15) is 0 Å². The van der Waals surface area contributed by atoms with Crippen molar-refractivity contribution in [2.45, 2.75) is 103 Å². The van der Waals surface area contributed by atoms with Crippen molar-refractivity contribution >= 4 is 0 Å². The lowest BCUT2D eigenvalue weighted by atomic mass is 10.0. The second-order valence-electron chi connectivity index (χ2n) is 9.21. The molecule has 0 saturated carbocycles. The third kappa shape index (κ3) is 16.6. The van der Waals surface area contributed by atoms with Crippen LogP contribution in [0.15, 0.2) is 30.3 Å². The largest absolute Gasteiger partial charge is 1.00 e. The monoisotopic (exact) mass is 453 g/mol. The quantitative estimate of drug-likeness (QED) is 0.221. The van der Waals surface area contributed by atoms with E-state index in [9.17, 15) is 0 Å². The molecule has 0 aliphatic rings. The van der Waals surface area contributed by atoms with Crippen LogP contribution in [0.4, 0.5) is 0 Å². The standard InChI is InChI=1S/C26H48N.BrH/c1-4-5-6-7-8-9-10-11-12-13-14-15-16-20-24-27(2,3)25-23-26-21-18-17-19-22-26;/h17-19,21-22H,4-16,20,23-25H2,1-3H3;1H/q+1;/p-1. The summed E-state index contributed by atoms with van der Waals surface area (Å²) in [4.78, 5) is 0. The maximum absolute atomic E-state index is 2.39. The molecule has 0 fully saturated rings. The molecule has 1 aromatic rings. The Morgan fingerprint density at radius 1 is 0.571 bits per heavy atom. The molecule has 1 rings (SSSR count). The van der Waals surface area contributed by atoms with Gasteiger partial charge in [0.05, 0.1) is 27.2 Å². The summed E-state index contributed by atoms with van der Waals surface area (Å²) in [5, 5.41) is 0. The number of hydrogen-bond donors (Lipinski definition) is 0. The number of hydrogen-bond acceptors (Lipinski definition) is 0. The zero-order chi connectivity index (χ0) is 19.6. The van der Waals surface area contributed by atoms with Crippen LogP contribution >= 0.6 is 0 Å². The van der Waals surface area contributed by atoms with Crippen molar-refractivity contribution in [1.29, 1.82) is 0 Å². The van der Waals surface area contributed by atoms with Crippen molar-refractivity contribution in [1.82, 2.24) is 0 Å². The molecule has 0 amide bonds. The average molecular weight is 455 g/mol. The van der Waals surface area contributed by atoms with Gasteiger partial charge in [-0.25, -0.2) is 0 Å². The van der Waals surface area contributed by atoms with Gasteiger partial charge in [0.2, 0.25) is 0 Å². The Morgan fingerprint density at radius 2 is 1.00 bits per heavy atom. The van der Waals surface area contributed by atoms with Gasteiger partial charge in [-0.3, -0.25) is 0 Å². The van der Waals surface area contributed by atoms with Crippen molar-refractivity contribution in [2.75, 3.05) is 27.2 Å². The second kappa shape index (κ2) is 18.7. The fourth-order valence-electron chi connectivity index (χ4n) is 3.92. The minimum atomic E-state index is 0. The van der Waals surface area contributed by atoms with Gasteiger partial charge in [-0.05, 0) is 18.4 Å². The van der Waals surface area contributed by atoms with Gasteiger partial charge in [0.1, 0.15) is 0 Å². The second-order valence-corrected chi connectivity index (χ2v) is 9.21. The molecule has 0 unspecified atom stereocenters. The Morgan fingerprint density at radius 3 is 1.46 bits per heavy atom. The molecule has 2 heteroatoms. The maximum atomic E-state index is 2.39. The van der Waals surface area contributed by atoms with E-state index in [1.807, 2.05) is 0 Å². The summed E-state index contributed by atoms with van der Waals surface area (Å²) in [7, 11) is 4.79. The number of unbranched alkanes of at least 4 members (excludes halogenated alkanes) is 13. The summed E-state index contributed by atoms with van der Waals surface area (Å²) in [5.41, 5.74) is 1.48. The molecule has 0 bridgehead atoms. The summed E-state index contributed by atoms with van der Waals surface area (Å²) in [6, 6.07) is 10.9. The van der Waals surface area contributed by atoms with Crippen LogP contribution in [0.3, 0.4) is 0 Å². The Hall–Kier alpha value is -0.340. The van der Waals surface area contributed by atoms with Crippen LogP contribution in [-0.4, -0.2) is 31.7 Å². The number of halogens is 1. The van der Waals surface area contributed by atoms with E-state index in [0.29, 0.717) is 0 Å². The van der Waals surface area contributed by atoms with E-state index < -0.39 is 0 Å². The Labute approximate surface area is 187 Å². The predicted octanol–water partition coefficient (Wildman–Crippen LogP) is 4.79. The first kappa shape index (κ1) is 27.7. The third-order valence-electron chi connectivity index (χ3n) is 5.97. The van der Waals surface area contributed by atoms with E-state index >= 15 is 0 Å². The molecule has 0 aliphatic carbocycles. The molecule has 1 nitrogen and oxygen atoms in total. The van der Waals surface area contributed by atoms with Crippen LogP contribution in [0.25, 0.3) is 0 Å². The summed E-state index contributed by atoms with van der Waals surface area (Å²) in [6.07, 6.45) is 21.4. The normalized spacial score (nSPS) is 11.4. The summed E-state index contributed by atoms with van der Waals surface area (Å²) in [5.74, 6) is 0. The van der Waals surface area contributed by atoms with Gasteiger partial charge in [-0.15, -0.1) is 0 Å². The first-order chi connectivity index (χ1) is 13.1. The van der Waals surface area contributed by atoms with E-state index in [1.165, 1.54) is 115 Å². The smallest absolute Gasteiger partial charge is 0.0823 e. The minimum Gasteiger partial charge on any atom is -1.00 e. The SMILES string of the molecule is CCCCCCCCCCCCCCCC[N+](C)(C)CCc1ccccc1.[Br-]. The third-order valence-corrected chi connectivity index (χ3v) is 5.97. The molecule has 0 spiro atoms. The maximum Gasteiger partial charge on any atom is 0.0823 e. The fraction of sp³-hybridized carbons (Fsp3) is 0.769. The molecular weight excluding hydrogens is 406 g/mol. The minimum absolute atomic E-state index is 0. The van der Waals surface area contributed by atoms with Crippen LogP contribution in [0.2, 0.25) is 0 Å². The number of rotatable bonds is 18. The molecule has 164 valence electrons. The molecule has 0 saturated heterocycles. The summed E-state index contributed by atoms with van der Waals surface area (Å²) >= 11 is 0. The van der Waals surface area contributed by atoms with Gasteiger partial charge in [0.25, 0.3) is 0 Å². The van der Waals surface area contributed by atoms with Crippen LogP contribution < -0.4 is 17.0 Å². The molecule has 0 atom stereocenters. The van der Waals surface area contributed by atoms with Crippen molar-refractivity contribution in [3.05, 3.63) is 35.9 Å². The molecule has 28 heavy (non-hydrogen) atoms. The predicted molar refractivity (Wildman–Crippen MR) is 122 cm³/mol. The van der Waals surface area contributed by atoms with Crippen molar-refractivity contribution in [2.24, 2.45) is 0 Å². The van der Waals surface area contributed by atoms with Crippen LogP contribution in [-0.2, 0) is 6.42 Å². The number of nitrogens with zero attached hydrogens (tertiary/aromatic N) is 1. The summed E-state index contributed by atoms with van der Waals surface area (Å²) in [6.45, 7) is 4.87. The van der Waals surface area contributed by atoms with E-state index in [4.69, 9.17) is 0 Å². The van der Waals surface area contributed by atoms with Gasteiger partial charge >= 0.3 is 0 Å². The van der Waals surface area contributed by atoms with E-state index in [-0.39, 0.29) is 17.0 Å². The molecule has 0 radical (unpaired) electrons. The Bertz CT molecular complexity index is 429. The van der Waals surface area contributed by atoms with Gasteiger partial charge in [0.15, 0.2) is 0 Å². The highest BCUT2D eigenvalue weighted by Gasteiger charge is 2.14. The number of likely N-dealkylation sites (N-methyl/N-ethyl adjacent to an activating group) is 1. The molecule has 0 aromatic heterocycles. The van der Waals surface area contributed by atoms with Crippen molar-refractivity contribution in [3.63, 3.8) is 0 Å². The molecular formula is C26H48BrN. The van der Waals surface area contributed by atoms with Gasteiger partial charge in [-0.1, -0.05) is 114 Å². The highest BCUT2D eigenvalue weighted by molar-refractivity contribution is 5.14. The highest BCUT2D eigenvalue weighted by atomic mass is 79.9. The highest BCUT2D eigenvalue weighted by Crippen LogP contribution is 2.14. The summed E-state index contributed by atoms with van der Waals surface area (Å²) < 4.78 is 1.16. The van der Waals surface area contributed by atoms with E-state index in [1.54, 1.807) is 0 Å². The van der Waals surface area contributed by atoms with Gasteiger partial charge < -0.3 is 21.5 Å².